The molecule has 0 fully saturated rings. The number of carbonyl (C=O) groups excluding carboxylic acids is 2. The molecule has 0 bridgehead atoms. The van der Waals surface area contributed by atoms with Crippen LogP contribution in [0.2, 0.25) is 0 Å². The van der Waals surface area contributed by atoms with E-state index >= 15 is 0 Å². The first-order valence-electron chi connectivity index (χ1n) is 12.8. The molecule has 1 N–H and O–H groups in total. The molecule has 4 heteroatoms. The SMILES string of the molecule is CCCCCCCCCCCCCC(=O)c1ccc2c(c1NOC(C)=O)Cc1ccccc1-2. The fourth-order valence-corrected chi connectivity index (χ4v) is 4.77. The summed E-state index contributed by atoms with van der Waals surface area (Å²) in [4.78, 5) is 29.6. The molecule has 0 heterocycles. The minimum absolute atomic E-state index is 0.110. The molecule has 0 amide bonds. The smallest absolute Gasteiger partial charge is 0.329 e. The van der Waals surface area contributed by atoms with Gasteiger partial charge in [0.15, 0.2) is 5.78 Å². The van der Waals surface area contributed by atoms with Crippen molar-refractivity contribution in [3.63, 3.8) is 0 Å². The van der Waals surface area contributed by atoms with Crippen LogP contribution in [0.15, 0.2) is 36.4 Å². The average molecular weight is 450 g/mol. The number of carbonyl (C=O) groups is 2. The Kier molecular flexibility index (Phi) is 9.99. The number of unbranched alkanes of at least 4 members (excludes halogenated alkanes) is 10. The highest BCUT2D eigenvalue weighted by Crippen LogP contribution is 2.42. The lowest BCUT2D eigenvalue weighted by atomic mass is 9.96. The third-order valence-electron chi connectivity index (χ3n) is 6.59. The quantitative estimate of drug-likeness (QED) is 0.145. The minimum atomic E-state index is -0.424. The van der Waals surface area contributed by atoms with Crippen molar-refractivity contribution in [3.8, 4) is 11.1 Å². The van der Waals surface area contributed by atoms with Crippen LogP contribution >= 0.6 is 0 Å². The van der Waals surface area contributed by atoms with Gasteiger partial charge in [-0.2, -0.15) is 0 Å². The second kappa shape index (κ2) is 13.2. The minimum Gasteiger partial charge on any atom is -0.344 e. The number of Topliss-reactive ketones (excluding diaryl/α,β-unsaturated/α-hetero) is 1. The molecule has 0 atom stereocenters. The largest absolute Gasteiger partial charge is 0.344 e. The van der Waals surface area contributed by atoms with Gasteiger partial charge in [-0.1, -0.05) is 101 Å². The molecular formula is C29H39NO3. The highest BCUT2D eigenvalue weighted by atomic mass is 16.7. The Morgan fingerprint density at radius 1 is 0.818 bits per heavy atom. The standard InChI is InChI=1S/C29H39NO3/c1-3-4-5-6-7-8-9-10-11-12-13-18-28(32)26-20-19-25-24-17-15-14-16-23(24)21-27(25)29(26)30-33-22(2)31/h14-17,19-20,30H,3-13,18,21H2,1-2H3. The summed E-state index contributed by atoms with van der Waals surface area (Å²) in [7, 11) is 0. The molecule has 0 saturated heterocycles. The number of benzene rings is 2. The van der Waals surface area contributed by atoms with Crippen molar-refractivity contribution in [1.82, 2.24) is 0 Å². The van der Waals surface area contributed by atoms with Crippen molar-refractivity contribution in [3.05, 3.63) is 53.1 Å². The summed E-state index contributed by atoms with van der Waals surface area (Å²) in [5.74, 6) is -0.314. The summed E-state index contributed by atoms with van der Waals surface area (Å²) in [5, 5.41) is 0. The lowest BCUT2D eigenvalue weighted by Crippen LogP contribution is -2.13. The molecule has 1 aliphatic rings. The van der Waals surface area contributed by atoms with Crippen LogP contribution in [0.3, 0.4) is 0 Å². The highest BCUT2D eigenvalue weighted by Gasteiger charge is 2.25. The van der Waals surface area contributed by atoms with Crippen molar-refractivity contribution in [2.45, 2.75) is 97.3 Å². The molecular weight excluding hydrogens is 410 g/mol. The Labute approximate surface area is 199 Å². The third kappa shape index (κ3) is 7.18. The van der Waals surface area contributed by atoms with Crippen LogP contribution in [0.1, 0.15) is 112 Å². The Morgan fingerprint density at radius 2 is 1.45 bits per heavy atom. The average Bonchev–Trinajstić information content (AvgIpc) is 3.19. The van der Waals surface area contributed by atoms with Gasteiger partial charge in [0.2, 0.25) is 0 Å². The van der Waals surface area contributed by atoms with E-state index in [2.05, 4.69) is 24.5 Å². The predicted molar refractivity (Wildman–Crippen MR) is 135 cm³/mol. The Balaban J connectivity index is 1.51. The summed E-state index contributed by atoms with van der Waals surface area (Å²) in [6.07, 6.45) is 15.1. The maximum absolute atomic E-state index is 13.1. The lowest BCUT2D eigenvalue weighted by Gasteiger charge is -2.15. The molecule has 33 heavy (non-hydrogen) atoms. The molecule has 3 rings (SSSR count). The zero-order valence-corrected chi connectivity index (χ0v) is 20.4. The van der Waals surface area contributed by atoms with Gasteiger partial charge in [0.05, 0.1) is 5.69 Å². The van der Waals surface area contributed by atoms with Crippen LogP contribution in [0.4, 0.5) is 5.69 Å². The lowest BCUT2D eigenvalue weighted by molar-refractivity contribution is -0.138. The monoisotopic (exact) mass is 449 g/mol. The van der Waals surface area contributed by atoms with Crippen LogP contribution < -0.4 is 5.48 Å². The van der Waals surface area contributed by atoms with Gasteiger partial charge in [-0.05, 0) is 34.7 Å². The highest BCUT2D eigenvalue weighted by molar-refractivity contribution is 6.03. The third-order valence-corrected chi connectivity index (χ3v) is 6.59. The maximum atomic E-state index is 13.1. The number of ketones is 1. The summed E-state index contributed by atoms with van der Waals surface area (Å²) in [6, 6.07) is 12.2. The van der Waals surface area contributed by atoms with Crippen LogP contribution in [0, 0.1) is 0 Å². The molecule has 0 spiro atoms. The molecule has 0 unspecified atom stereocenters. The number of fused-ring (bicyclic) bond motifs is 3. The fourth-order valence-electron chi connectivity index (χ4n) is 4.77. The number of nitrogens with one attached hydrogen (secondary N) is 1. The van der Waals surface area contributed by atoms with Crippen molar-refractivity contribution in [1.29, 1.82) is 0 Å². The molecule has 1 aliphatic carbocycles. The van der Waals surface area contributed by atoms with Gasteiger partial charge < -0.3 is 4.84 Å². The normalized spacial score (nSPS) is 11.7. The molecule has 0 radical (unpaired) electrons. The van der Waals surface area contributed by atoms with Gasteiger partial charge >= 0.3 is 5.97 Å². The Morgan fingerprint density at radius 3 is 2.12 bits per heavy atom. The van der Waals surface area contributed by atoms with E-state index in [0.29, 0.717) is 17.7 Å². The first kappa shape index (κ1) is 25.0. The molecule has 0 aromatic heterocycles. The van der Waals surface area contributed by atoms with E-state index in [1.54, 1.807) is 0 Å². The van der Waals surface area contributed by atoms with Crippen molar-refractivity contribution in [2.75, 3.05) is 5.48 Å². The van der Waals surface area contributed by atoms with Crippen molar-refractivity contribution in [2.24, 2.45) is 0 Å². The van der Waals surface area contributed by atoms with E-state index < -0.39 is 5.97 Å². The second-order valence-electron chi connectivity index (χ2n) is 9.25. The van der Waals surface area contributed by atoms with Crippen molar-refractivity contribution >= 4 is 17.4 Å². The van der Waals surface area contributed by atoms with Gasteiger partial charge in [-0.25, -0.2) is 5.48 Å². The first-order chi connectivity index (χ1) is 16.1. The van der Waals surface area contributed by atoms with Crippen LogP contribution in [-0.2, 0) is 16.1 Å². The Bertz CT molecular complexity index is 934. The molecule has 0 aliphatic heterocycles. The van der Waals surface area contributed by atoms with Crippen LogP contribution in [-0.4, -0.2) is 11.8 Å². The topological polar surface area (TPSA) is 55.4 Å². The van der Waals surface area contributed by atoms with E-state index in [9.17, 15) is 9.59 Å². The van der Waals surface area contributed by atoms with Gasteiger partial charge in [-0.3, -0.25) is 9.59 Å². The number of hydrogen-bond acceptors (Lipinski definition) is 4. The van der Waals surface area contributed by atoms with E-state index in [1.165, 1.54) is 75.8 Å². The van der Waals surface area contributed by atoms with Crippen molar-refractivity contribution < 1.29 is 14.4 Å². The number of hydrogen-bond donors (Lipinski definition) is 1. The van der Waals surface area contributed by atoms with Gasteiger partial charge in [-0.15, -0.1) is 0 Å². The van der Waals surface area contributed by atoms with Crippen LogP contribution in [0.25, 0.3) is 11.1 Å². The van der Waals surface area contributed by atoms with Crippen LogP contribution in [0.5, 0.6) is 0 Å². The number of rotatable bonds is 15. The summed E-state index contributed by atoms with van der Waals surface area (Å²) >= 11 is 0. The summed E-state index contributed by atoms with van der Waals surface area (Å²) in [6.45, 7) is 3.61. The van der Waals surface area contributed by atoms with E-state index in [0.717, 1.165) is 30.4 Å². The Hall–Kier alpha value is -2.62. The zero-order chi connectivity index (χ0) is 23.5. The molecule has 178 valence electrons. The second-order valence-corrected chi connectivity index (χ2v) is 9.25. The van der Waals surface area contributed by atoms with E-state index in [4.69, 9.17) is 4.84 Å². The molecule has 2 aromatic rings. The summed E-state index contributed by atoms with van der Waals surface area (Å²) in [5.41, 5.74) is 8.61. The molecule has 0 saturated carbocycles. The number of anilines is 1. The van der Waals surface area contributed by atoms with Gasteiger partial charge in [0.25, 0.3) is 0 Å². The van der Waals surface area contributed by atoms with E-state index in [-0.39, 0.29) is 5.78 Å². The molecule has 4 nitrogen and oxygen atoms in total. The van der Waals surface area contributed by atoms with Gasteiger partial charge in [0, 0.05) is 25.3 Å². The summed E-state index contributed by atoms with van der Waals surface area (Å²) < 4.78 is 0. The van der Waals surface area contributed by atoms with E-state index in [1.807, 2.05) is 24.3 Å². The fraction of sp³-hybridized carbons (Fsp3) is 0.517. The predicted octanol–water partition coefficient (Wildman–Crippen LogP) is 8.03. The van der Waals surface area contributed by atoms with Gasteiger partial charge in [0.1, 0.15) is 0 Å². The first-order valence-corrected chi connectivity index (χ1v) is 12.8. The maximum Gasteiger partial charge on any atom is 0.329 e. The molecule has 2 aromatic carbocycles. The zero-order valence-electron chi connectivity index (χ0n) is 20.4.